The Morgan fingerprint density at radius 3 is 2.33 bits per heavy atom. The third-order valence-electron chi connectivity index (χ3n) is 4.09. The highest BCUT2D eigenvalue weighted by Gasteiger charge is 2.30. The van der Waals surface area contributed by atoms with E-state index in [0.29, 0.717) is 21.1 Å². The monoisotopic (exact) mass is 354 g/mol. The fourth-order valence-corrected chi connectivity index (χ4v) is 3.80. The minimum Gasteiger partial charge on any atom is -0.338 e. The molecule has 0 atom stereocenters. The minimum atomic E-state index is -4.35. The van der Waals surface area contributed by atoms with Crippen molar-refractivity contribution in [3.05, 3.63) is 40.4 Å². The Labute approximate surface area is 142 Å². The molecule has 3 rings (SSSR count). The lowest BCUT2D eigenvalue weighted by molar-refractivity contribution is -0.137. The van der Waals surface area contributed by atoms with E-state index in [1.54, 1.807) is 6.92 Å². The highest BCUT2D eigenvalue weighted by molar-refractivity contribution is 7.17. The number of rotatable bonds is 2. The van der Waals surface area contributed by atoms with Crippen molar-refractivity contribution in [3.8, 4) is 10.6 Å². The van der Waals surface area contributed by atoms with E-state index in [1.807, 2.05) is 4.90 Å². The molecule has 128 valence electrons. The second kappa shape index (κ2) is 6.55. The first-order valence-corrected chi connectivity index (χ1v) is 8.62. The molecule has 2 aromatic rings. The molecule has 0 unspecified atom stereocenters. The summed E-state index contributed by atoms with van der Waals surface area (Å²) in [4.78, 5) is 19.4. The third-order valence-corrected chi connectivity index (χ3v) is 5.29. The fraction of sp³-hybridized carbons (Fsp3) is 0.412. The van der Waals surface area contributed by atoms with Crippen molar-refractivity contribution in [2.24, 2.45) is 0 Å². The van der Waals surface area contributed by atoms with Crippen molar-refractivity contribution in [2.45, 2.75) is 32.4 Å². The van der Waals surface area contributed by atoms with E-state index in [1.165, 1.54) is 23.5 Å². The Bertz CT molecular complexity index is 731. The molecule has 7 heteroatoms. The molecular formula is C17H17F3N2OS. The van der Waals surface area contributed by atoms with Gasteiger partial charge in [-0.2, -0.15) is 13.2 Å². The van der Waals surface area contributed by atoms with E-state index >= 15 is 0 Å². The van der Waals surface area contributed by atoms with Crippen LogP contribution in [-0.2, 0) is 6.18 Å². The number of nitrogens with zero attached hydrogens (tertiary/aromatic N) is 2. The van der Waals surface area contributed by atoms with Gasteiger partial charge in [0.25, 0.3) is 5.91 Å². The summed E-state index contributed by atoms with van der Waals surface area (Å²) >= 11 is 1.24. The molecule has 1 aliphatic rings. The normalized spacial score (nSPS) is 15.6. The van der Waals surface area contributed by atoms with Gasteiger partial charge in [0.05, 0.1) is 11.3 Å². The summed E-state index contributed by atoms with van der Waals surface area (Å²) in [6.07, 6.45) is -1.19. The maximum atomic E-state index is 12.6. The van der Waals surface area contributed by atoms with Gasteiger partial charge in [0, 0.05) is 18.7 Å². The van der Waals surface area contributed by atoms with Crippen LogP contribution in [0.4, 0.5) is 13.2 Å². The van der Waals surface area contributed by atoms with Gasteiger partial charge in [-0.25, -0.2) is 4.98 Å². The molecule has 24 heavy (non-hydrogen) atoms. The Morgan fingerprint density at radius 2 is 1.75 bits per heavy atom. The van der Waals surface area contributed by atoms with Crippen molar-refractivity contribution in [1.29, 1.82) is 0 Å². The number of carbonyl (C=O) groups excluding carboxylic acids is 1. The summed E-state index contributed by atoms with van der Waals surface area (Å²) in [5.74, 6) is -0.0251. The van der Waals surface area contributed by atoms with E-state index in [4.69, 9.17) is 0 Å². The number of amides is 1. The predicted octanol–water partition coefficient (Wildman–Crippen LogP) is 4.76. The molecule has 0 radical (unpaired) electrons. The lowest BCUT2D eigenvalue weighted by Crippen LogP contribution is -2.35. The molecule has 1 saturated heterocycles. The molecule has 1 aromatic carbocycles. The van der Waals surface area contributed by atoms with Gasteiger partial charge in [0.15, 0.2) is 0 Å². The summed E-state index contributed by atoms with van der Waals surface area (Å²) in [7, 11) is 0. The van der Waals surface area contributed by atoms with Gasteiger partial charge < -0.3 is 4.90 Å². The molecule has 0 saturated carbocycles. The van der Waals surface area contributed by atoms with Crippen molar-refractivity contribution in [2.75, 3.05) is 13.1 Å². The molecule has 1 fully saturated rings. The van der Waals surface area contributed by atoms with Crippen LogP contribution in [0.15, 0.2) is 24.3 Å². The summed E-state index contributed by atoms with van der Waals surface area (Å²) in [6.45, 7) is 3.28. The first-order valence-electron chi connectivity index (χ1n) is 7.80. The third kappa shape index (κ3) is 3.45. The first kappa shape index (κ1) is 17.0. The average molecular weight is 354 g/mol. The number of piperidine rings is 1. The summed E-state index contributed by atoms with van der Waals surface area (Å²) in [6, 6.07) is 4.88. The second-order valence-electron chi connectivity index (χ2n) is 5.86. The molecule has 0 spiro atoms. The molecule has 0 bridgehead atoms. The lowest BCUT2D eigenvalue weighted by atomic mass is 10.1. The summed E-state index contributed by atoms with van der Waals surface area (Å²) < 4.78 is 37.9. The Morgan fingerprint density at radius 1 is 1.12 bits per heavy atom. The molecule has 3 nitrogen and oxygen atoms in total. The van der Waals surface area contributed by atoms with Crippen LogP contribution in [0.1, 0.15) is 40.2 Å². The van der Waals surface area contributed by atoms with Crippen LogP contribution in [0.2, 0.25) is 0 Å². The molecule has 0 aliphatic carbocycles. The van der Waals surface area contributed by atoms with Gasteiger partial charge in [-0.15, -0.1) is 11.3 Å². The van der Waals surface area contributed by atoms with Crippen LogP contribution < -0.4 is 0 Å². The van der Waals surface area contributed by atoms with Crippen LogP contribution in [0.3, 0.4) is 0 Å². The first-order chi connectivity index (χ1) is 11.4. The molecule has 1 aromatic heterocycles. The number of hydrogen-bond donors (Lipinski definition) is 0. The number of benzene rings is 1. The van der Waals surface area contributed by atoms with Gasteiger partial charge in [-0.3, -0.25) is 4.79 Å². The maximum absolute atomic E-state index is 12.6. The number of halogens is 3. The van der Waals surface area contributed by atoms with Gasteiger partial charge in [0.2, 0.25) is 0 Å². The molecule has 1 aliphatic heterocycles. The van der Waals surface area contributed by atoms with E-state index < -0.39 is 11.7 Å². The smallest absolute Gasteiger partial charge is 0.338 e. The second-order valence-corrected chi connectivity index (χ2v) is 6.86. The summed E-state index contributed by atoms with van der Waals surface area (Å²) in [5.41, 5.74) is 0.531. The van der Waals surface area contributed by atoms with Gasteiger partial charge in [0.1, 0.15) is 9.88 Å². The Balaban J connectivity index is 1.84. The van der Waals surface area contributed by atoms with Crippen molar-refractivity contribution in [3.63, 3.8) is 0 Å². The number of thiazole rings is 1. The van der Waals surface area contributed by atoms with E-state index in [9.17, 15) is 18.0 Å². The predicted molar refractivity (Wildman–Crippen MR) is 87.0 cm³/mol. The van der Waals surface area contributed by atoms with Crippen molar-refractivity contribution < 1.29 is 18.0 Å². The zero-order valence-electron chi connectivity index (χ0n) is 13.2. The number of aryl methyl sites for hydroxylation is 1. The number of carbonyl (C=O) groups is 1. The van der Waals surface area contributed by atoms with Crippen LogP contribution in [0.5, 0.6) is 0 Å². The number of alkyl halides is 3. The number of hydrogen-bond acceptors (Lipinski definition) is 3. The van der Waals surface area contributed by atoms with E-state index in [2.05, 4.69) is 4.98 Å². The molecular weight excluding hydrogens is 337 g/mol. The summed E-state index contributed by atoms with van der Waals surface area (Å²) in [5, 5.41) is 0.571. The topological polar surface area (TPSA) is 33.2 Å². The Kier molecular flexibility index (Phi) is 4.62. The lowest BCUT2D eigenvalue weighted by Gasteiger charge is -2.26. The average Bonchev–Trinajstić information content (AvgIpc) is 2.96. The molecule has 2 heterocycles. The van der Waals surface area contributed by atoms with E-state index in [0.717, 1.165) is 44.5 Å². The van der Waals surface area contributed by atoms with E-state index in [-0.39, 0.29) is 5.91 Å². The van der Waals surface area contributed by atoms with Crippen LogP contribution in [-0.4, -0.2) is 28.9 Å². The maximum Gasteiger partial charge on any atom is 0.416 e. The van der Waals surface area contributed by atoms with Gasteiger partial charge >= 0.3 is 6.18 Å². The SMILES string of the molecule is Cc1nc(-c2ccc(C(F)(F)F)cc2)sc1C(=O)N1CCCCC1. The molecule has 1 amide bonds. The minimum absolute atomic E-state index is 0.0251. The van der Waals surface area contributed by atoms with Gasteiger partial charge in [-0.1, -0.05) is 12.1 Å². The van der Waals surface area contributed by atoms with Crippen LogP contribution in [0.25, 0.3) is 10.6 Å². The standard InChI is InChI=1S/C17H17F3N2OS/c1-11-14(16(23)22-9-3-2-4-10-22)24-15(21-11)12-5-7-13(8-6-12)17(18,19)20/h5-8H,2-4,9-10H2,1H3. The van der Waals surface area contributed by atoms with Crippen LogP contribution in [0, 0.1) is 6.92 Å². The zero-order chi connectivity index (χ0) is 17.3. The molecule has 0 N–H and O–H groups in total. The number of aromatic nitrogens is 1. The quantitative estimate of drug-likeness (QED) is 0.779. The van der Waals surface area contributed by atoms with Crippen molar-refractivity contribution in [1.82, 2.24) is 9.88 Å². The largest absolute Gasteiger partial charge is 0.416 e. The van der Waals surface area contributed by atoms with Crippen molar-refractivity contribution >= 4 is 17.2 Å². The fourth-order valence-electron chi connectivity index (χ4n) is 2.76. The highest BCUT2D eigenvalue weighted by atomic mass is 32.1. The Hall–Kier alpha value is -1.89. The number of likely N-dealkylation sites (tertiary alicyclic amines) is 1. The van der Waals surface area contributed by atoms with Crippen LogP contribution >= 0.6 is 11.3 Å². The van der Waals surface area contributed by atoms with Gasteiger partial charge in [-0.05, 0) is 38.3 Å². The highest BCUT2D eigenvalue weighted by Crippen LogP contribution is 2.33. The zero-order valence-corrected chi connectivity index (χ0v) is 14.0.